The van der Waals surface area contributed by atoms with E-state index in [1.54, 1.807) is 28.4 Å². The number of aliphatic hydroxyl groups excluding tert-OH is 1. The Morgan fingerprint density at radius 1 is 0.931 bits per heavy atom. The molecule has 14 nitrogen and oxygen atoms in total. The van der Waals surface area contributed by atoms with Gasteiger partial charge >= 0.3 is 6.09 Å². The van der Waals surface area contributed by atoms with Gasteiger partial charge in [0.1, 0.15) is 17.7 Å². The Morgan fingerprint density at radius 3 is 2.17 bits per heavy atom. The zero-order chi connectivity index (χ0) is 42.4. The maximum absolute atomic E-state index is 14.0. The topological polar surface area (TPSA) is 174 Å². The Kier molecular flexibility index (Phi) is 14.2. The number of β-amino-alcohol motifs (C(OH)–C–C–N with tert-alkyl or cyclic N) is 1. The van der Waals surface area contributed by atoms with Gasteiger partial charge in [0.05, 0.1) is 28.2 Å². The normalized spacial score (nSPS) is 18.3. The Hall–Kier alpha value is -5.02. The van der Waals surface area contributed by atoms with Gasteiger partial charge in [0, 0.05) is 63.4 Å². The number of nitrogens with one attached hydrogen (secondary N) is 3. The van der Waals surface area contributed by atoms with E-state index in [0.717, 1.165) is 27.4 Å². The Labute approximate surface area is 345 Å². The van der Waals surface area contributed by atoms with Gasteiger partial charge in [0.25, 0.3) is 5.91 Å². The molecular formula is C43H59N7O7S. The zero-order valence-electron chi connectivity index (χ0n) is 35.0. The molecule has 2 saturated heterocycles. The van der Waals surface area contributed by atoms with E-state index in [9.17, 15) is 29.1 Å². The first-order valence-electron chi connectivity index (χ1n) is 20.0. The summed E-state index contributed by atoms with van der Waals surface area (Å²) in [7, 11) is 0. The number of hydrogen-bond acceptors (Lipinski definition) is 10. The van der Waals surface area contributed by atoms with Crippen molar-refractivity contribution in [1.82, 2.24) is 30.7 Å². The molecule has 3 heterocycles. The predicted octanol–water partition coefficient (Wildman–Crippen LogP) is 5.06. The molecule has 1 aromatic heterocycles. The third-order valence-electron chi connectivity index (χ3n) is 10.4. The molecule has 0 bridgehead atoms. The number of carbonyl (C=O) groups excluding carboxylic acids is 5. The van der Waals surface area contributed by atoms with Crippen LogP contribution in [0.15, 0.2) is 54.0 Å². The molecule has 58 heavy (non-hydrogen) atoms. The Morgan fingerprint density at radius 2 is 1.59 bits per heavy atom. The number of hydrogen-bond donors (Lipinski definition) is 4. The maximum Gasteiger partial charge on any atom is 0.410 e. The average Bonchev–Trinajstić information content (AvgIpc) is 3.79. The van der Waals surface area contributed by atoms with E-state index >= 15 is 0 Å². The van der Waals surface area contributed by atoms with E-state index in [-0.39, 0.29) is 55.8 Å². The van der Waals surface area contributed by atoms with Crippen LogP contribution in [-0.4, -0.2) is 113 Å². The largest absolute Gasteiger partial charge is 0.444 e. The van der Waals surface area contributed by atoms with Gasteiger partial charge in [-0.3, -0.25) is 19.2 Å². The summed E-state index contributed by atoms with van der Waals surface area (Å²) in [6.45, 7) is 17.5. The summed E-state index contributed by atoms with van der Waals surface area (Å²) in [5.74, 6) is -1.43. The number of anilines is 1. The minimum Gasteiger partial charge on any atom is -0.444 e. The van der Waals surface area contributed by atoms with Crippen LogP contribution < -0.4 is 20.9 Å². The molecule has 2 aliphatic rings. The van der Waals surface area contributed by atoms with Crippen LogP contribution >= 0.6 is 11.3 Å². The predicted molar refractivity (Wildman–Crippen MR) is 224 cm³/mol. The molecule has 5 rings (SSSR count). The summed E-state index contributed by atoms with van der Waals surface area (Å²) in [4.78, 5) is 76.8. The Bertz CT molecular complexity index is 1910. The quantitative estimate of drug-likeness (QED) is 0.183. The van der Waals surface area contributed by atoms with Crippen LogP contribution in [0, 0.1) is 12.3 Å². The fraction of sp³-hybridized carbons (Fsp3) is 0.535. The highest BCUT2D eigenvalue weighted by atomic mass is 32.1. The van der Waals surface area contributed by atoms with Gasteiger partial charge in [-0.1, -0.05) is 45.0 Å². The minimum absolute atomic E-state index is 0.0195. The van der Waals surface area contributed by atoms with Gasteiger partial charge in [-0.2, -0.15) is 0 Å². The molecule has 4 N–H and O–H groups in total. The van der Waals surface area contributed by atoms with E-state index in [2.05, 4.69) is 25.8 Å². The van der Waals surface area contributed by atoms with E-state index in [4.69, 9.17) is 4.74 Å². The molecule has 0 aliphatic carbocycles. The lowest BCUT2D eigenvalue weighted by atomic mass is 9.85. The van der Waals surface area contributed by atoms with Crippen LogP contribution in [0.5, 0.6) is 0 Å². The number of piperazine rings is 1. The van der Waals surface area contributed by atoms with Crippen LogP contribution in [-0.2, 0) is 19.1 Å². The number of likely N-dealkylation sites (tertiary alicyclic amines) is 1. The number of ether oxygens (including phenoxy) is 1. The lowest BCUT2D eigenvalue weighted by Gasteiger charge is -2.36. The van der Waals surface area contributed by atoms with Crippen molar-refractivity contribution in [2.75, 3.05) is 44.2 Å². The third kappa shape index (κ3) is 11.6. The first kappa shape index (κ1) is 44.1. The second-order valence-electron chi connectivity index (χ2n) is 17.2. The monoisotopic (exact) mass is 817 g/mol. The summed E-state index contributed by atoms with van der Waals surface area (Å²) in [6.07, 6.45) is -0.689. The number of thiazole rings is 1. The number of aromatic nitrogens is 1. The minimum atomic E-state index is -0.950. The number of aryl methyl sites for hydroxylation is 1. The van der Waals surface area contributed by atoms with E-state index in [1.165, 1.54) is 4.90 Å². The van der Waals surface area contributed by atoms with Gasteiger partial charge in [-0.25, -0.2) is 9.78 Å². The van der Waals surface area contributed by atoms with Gasteiger partial charge in [0.15, 0.2) is 0 Å². The van der Waals surface area contributed by atoms with Crippen molar-refractivity contribution in [1.29, 1.82) is 0 Å². The molecule has 15 heteroatoms. The molecule has 0 spiro atoms. The number of amides is 5. The van der Waals surface area contributed by atoms with Crippen LogP contribution in [0.25, 0.3) is 10.4 Å². The summed E-state index contributed by atoms with van der Waals surface area (Å²) in [5, 5.41) is 19.4. The standard InChI is InChI=1S/C43H59N7O7S/c1-27(29-11-13-30(14-12-29)36-28(2)45-26-58-36)46-39(54)34-24-33(51)25-50(34)40(55)37(42(3,4)5)47-35(52)10-9-19-44-38(53)31-15-17-32(18-16-31)48-20-22-49(23-21-48)41(56)57-43(6,7)8/h11-18,26-27,33-34,37,51H,9-10,19-25H2,1-8H3,(H,44,53)(H,46,54)(H,47,52)/t27-,33+,34-,37+/m0/s1. The second-order valence-corrected chi connectivity index (χ2v) is 18.1. The number of carbonyl (C=O) groups is 5. The van der Waals surface area contributed by atoms with Crippen LogP contribution in [0.4, 0.5) is 10.5 Å². The lowest BCUT2D eigenvalue weighted by molar-refractivity contribution is -0.144. The number of nitrogens with zero attached hydrogens (tertiary/aromatic N) is 4. The molecule has 314 valence electrons. The van der Waals surface area contributed by atoms with Crippen LogP contribution in [0.1, 0.15) is 95.4 Å². The molecular weight excluding hydrogens is 759 g/mol. The number of benzene rings is 2. The van der Waals surface area contributed by atoms with Gasteiger partial charge in [0.2, 0.25) is 17.7 Å². The molecule has 4 atom stereocenters. The highest BCUT2D eigenvalue weighted by Gasteiger charge is 2.44. The summed E-state index contributed by atoms with van der Waals surface area (Å²) < 4.78 is 5.48. The second kappa shape index (κ2) is 18.7. The molecule has 0 saturated carbocycles. The number of aliphatic hydroxyl groups is 1. The first-order valence-corrected chi connectivity index (χ1v) is 20.9. The van der Waals surface area contributed by atoms with Gasteiger partial charge in [-0.15, -0.1) is 11.3 Å². The Balaban J connectivity index is 1.08. The third-order valence-corrected chi connectivity index (χ3v) is 11.3. The first-order chi connectivity index (χ1) is 27.3. The molecule has 0 unspecified atom stereocenters. The SMILES string of the molecule is Cc1ncsc1-c1ccc([C@H](C)NC(=O)[C@@H]2C[C@@H](O)CN2C(=O)[C@@H](NC(=O)CCCNC(=O)c2ccc(N3CCN(C(=O)OC(C)(C)C)CC3)cc2)C(C)(C)C)cc1. The van der Waals surface area contributed by atoms with E-state index in [1.807, 2.05) is 97.3 Å². The summed E-state index contributed by atoms with van der Waals surface area (Å²) >= 11 is 1.57. The summed E-state index contributed by atoms with van der Waals surface area (Å²) in [5.41, 5.74) is 4.91. The maximum atomic E-state index is 14.0. The van der Waals surface area contributed by atoms with Crippen LogP contribution in [0.2, 0.25) is 0 Å². The molecule has 0 radical (unpaired) electrons. The molecule has 2 fully saturated rings. The van der Waals surface area contributed by atoms with Crippen molar-refractivity contribution in [3.05, 3.63) is 70.9 Å². The van der Waals surface area contributed by atoms with Gasteiger partial charge < -0.3 is 40.5 Å². The van der Waals surface area contributed by atoms with Crippen molar-refractivity contribution in [2.45, 2.75) is 104 Å². The molecule has 5 amide bonds. The smallest absolute Gasteiger partial charge is 0.410 e. The van der Waals surface area contributed by atoms with E-state index < -0.39 is 35.1 Å². The van der Waals surface area contributed by atoms with Crippen molar-refractivity contribution in [3.63, 3.8) is 0 Å². The number of rotatable bonds is 12. The zero-order valence-corrected chi connectivity index (χ0v) is 35.8. The highest BCUT2D eigenvalue weighted by molar-refractivity contribution is 7.13. The fourth-order valence-corrected chi connectivity index (χ4v) is 7.91. The highest BCUT2D eigenvalue weighted by Crippen LogP contribution is 2.30. The lowest BCUT2D eigenvalue weighted by Crippen LogP contribution is -2.57. The van der Waals surface area contributed by atoms with Crippen molar-refractivity contribution in [2.24, 2.45) is 5.41 Å². The molecule has 3 aromatic rings. The molecule has 2 aromatic carbocycles. The average molecular weight is 818 g/mol. The fourth-order valence-electron chi connectivity index (χ4n) is 7.10. The van der Waals surface area contributed by atoms with Crippen molar-refractivity contribution >= 4 is 46.7 Å². The molecule has 2 aliphatic heterocycles. The van der Waals surface area contributed by atoms with Crippen molar-refractivity contribution < 1.29 is 33.8 Å². The van der Waals surface area contributed by atoms with Gasteiger partial charge in [-0.05, 0) is 81.8 Å². The van der Waals surface area contributed by atoms with Crippen LogP contribution in [0.3, 0.4) is 0 Å². The van der Waals surface area contributed by atoms with Crippen molar-refractivity contribution in [3.8, 4) is 10.4 Å². The summed E-state index contributed by atoms with van der Waals surface area (Å²) in [6, 6.07) is 13.0. The van der Waals surface area contributed by atoms with E-state index in [0.29, 0.717) is 38.2 Å².